The molecule has 1 amide bonds. The topological polar surface area (TPSA) is 40.5 Å². The molecule has 0 aliphatic carbocycles. The van der Waals surface area contributed by atoms with Gasteiger partial charge in [0.25, 0.3) is 0 Å². The van der Waals surface area contributed by atoms with Gasteiger partial charge in [-0.15, -0.1) is 0 Å². The summed E-state index contributed by atoms with van der Waals surface area (Å²) in [5.74, 6) is 0.319. The Labute approximate surface area is 148 Å². The number of halogens is 1. The Morgan fingerprint density at radius 2 is 1.96 bits per heavy atom. The number of hydrogen-bond donors (Lipinski definition) is 1. The van der Waals surface area contributed by atoms with Crippen LogP contribution in [0.3, 0.4) is 0 Å². The van der Waals surface area contributed by atoms with Crippen molar-refractivity contribution in [2.24, 2.45) is 5.92 Å². The third-order valence-corrected chi connectivity index (χ3v) is 4.90. The molecule has 2 aromatic rings. The lowest BCUT2D eigenvalue weighted by atomic mass is 9.97. The van der Waals surface area contributed by atoms with E-state index < -0.39 is 0 Å². The highest BCUT2D eigenvalue weighted by Gasteiger charge is 2.26. The van der Waals surface area contributed by atoms with Crippen molar-refractivity contribution in [2.45, 2.75) is 32.3 Å². The lowest BCUT2D eigenvalue weighted by molar-refractivity contribution is -0.130. The molecule has 1 N–H and O–H groups in total. The summed E-state index contributed by atoms with van der Waals surface area (Å²) in [6.45, 7) is 1.60. The summed E-state index contributed by atoms with van der Waals surface area (Å²) in [6.07, 6.45) is 2.72. The SMILES string of the molecule is O=C(CCc1ccccc1F)N1CCC(Cc2cccc(CO)c2)C1. The smallest absolute Gasteiger partial charge is 0.222 e. The van der Waals surface area contributed by atoms with Crippen molar-refractivity contribution in [3.63, 3.8) is 0 Å². The number of carbonyl (C=O) groups is 1. The van der Waals surface area contributed by atoms with Crippen molar-refractivity contribution >= 4 is 5.91 Å². The molecule has 1 aliphatic heterocycles. The van der Waals surface area contributed by atoms with Gasteiger partial charge >= 0.3 is 0 Å². The molecular weight excluding hydrogens is 317 g/mol. The molecule has 1 atom stereocenters. The molecule has 1 saturated heterocycles. The Balaban J connectivity index is 1.50. The minimum atomic E-state index is -0.238. The van der Waals surface area contributed by atoms with Crippen LogP contribution in [0.25, 0.3) is 0 Å². The van der Waals surface area contributed by atoms with Gasteiger partial charge in [-0.05, 0) is 47.9 Å². The summed E-state index contributed by atoms with van der Waals surface area (Å²) in [5, 5.41) is 9.23. The molecule has 1 heterocycles. The minimum Gasteiger partial charge on any atom is -0.392 e. The molecule has 1 aliphatic rings. The van der Waals surface area contributed by atoms with E-state index in [0.717, 1.165) is 31.5 Å². The normalized spacial score (nSPS) is 17.0. The molecule has 0 radical (unpaired) electrons. The molecule has 0 saturated carbocycles. The van der Waals surface area contributed by atoms with Crippen LogP contribution in [0, 0.1) is 11.7 Å². The van der Waals surface area contributed by atoms with Crippen molar-refractivity contribution in [3.05, 3.63) is 71.0 Å². The largest absolute Gasteiger partial charge is 0.392 e. The fourth-order valence-corrected chi connectivity index (χ4v) is 3.51. The first kappa shape index (κ1) is 17.6. The highest BCUT2D eigenvalue weighted by molar-refractivity contribution is 5.76. The number of hydrogen-bond acceptors (Lipinski definition) is 2. The number of aryl methyl sites for hydroxylation is 1. The van der Waals surface area contributed by atoms with E-state index >= 15 is 0 Å². The predicted molar refractivity (Wildman–Crippen MR) is 95.5 cm³/mol. The van der Waals surface area contributed by atoms with Gasteiger partial charge in [-0.2, -0.15) is 0 Å². The Bertz CT molecular complexity index is 731. The zero-order valence-electron chi connectivity index (χ0n) is 14.3. The van der Waals surface area contributed by atoms with Gasteiger partial charge in [-0.3, -0.25) is 4.79 Å². The first-order valence-electron chi connectivity index (χ1n) is 8.85. The molecule has 25 heavy (non-hydrogen) atoms. The van der Waals surface area contributed by atoms with Crippen molar-refractivity contribution in [2.75, 3.05) is 13.1 Å². The Morgan fingerprint density at radius 1 is 1.16 bits per heavy atom. The van der Waals surface area contributed by atoms with E-state index in [0.29, 0.717) is 24.3 Å². The van der Waals surface area contributed by atoms with E-state index in [4.69, 9.17) is 0 Å². The van der Waals surface area contributed by atoms with Crippen LogP contribution in [0.4, 0.5) is 4.39 Å². The van der Waals surface area contributed by atoms with Crippen molar-refractivity contribution in [3.8, 4) is 0 Å². The van der Waals surface area contributed by atoms with E-state index in [1.54, 1.807) is 18.2 Å². The average molecular weight is 341 g/mol. The second kappa shape index (κ2) is 8.26. The van der Waals surface area contributed by atoms with Gasteiger partial charge in [0.1, 0.15) is 5.82 Å². The molecule has 0 bridgehead atoms. The first-order chi connectivity index (χ1) is 12.2. The number of likely N-dealkylation sites (tertiary alicyclic amines) is 1. The molecule has 4 heteroatoms. The third-order valence-electron chi connectivity index (χ3n) is 4.90. The maximum atomic E-state index is 13.6. The summed E-state index contributed by atoms with van der Waals surface area (Å²) in [4.78, 5) is 14.3. The van der Waals surface area contributed by atoms with E-state index in [1.807, 2.05) is 23.1 Å². The molecule has 0 spiro atoms. The molecular formula is C21H24FNO2. The summed E-state index contributed by atoms with van der Waals surface area (Å²) in [6, 6.07) is 14.6. The van der Waals surface area contributed by atoms with Crippen LogP contribution in [-0.4, -0.2) is 29.0 Å². The number of benzene rings is 2. The van der Waals surface area contributed by atoms with E-state index in [9.17, 15) is 14.3 Å². The van der Waals surface area contributed by atoms with E-state index in [1.165, 1.54) is 11.6 Å². The van der Waals surface area contributed by atoms with Crippen LogP contribution in [0.2, 0.25) is 0 Å². The first-order valence-corrected chi connectivity index (χ1v) is 8.85. The maximum absolute atomic E-state index is 13.6. The Hall–Kier alpha value is -2.20. The van der Waals surface area contributed by atoms with Crippen LogP contribution in [0.15, 0.2) is 48.5 Å². The second-order valence-corrected chi connectivity index (χ2v) is 6.77. The Kier molecular flexibility index (Phi) is 5.82. The van der Waals surface area contributed by atoms with Gasteiger partial charge in [0, 0.05) is 19.5 Å². The molecule has 2 aromatic carbocycles. The van der Waals surface area contributed by atoms with Gasteiger partial charge in [0.2, 0.25) is 5.91 Å². The van der Waals surface area contributed by atoms with Crippen molar-refractivity contribution < 1.29 is 14.3 Å². The number of carbonyl (C=O) groups excluding carboxylic acids is 1. The van der Waals surface area contributed by atoms with Gasteiger partial charge in [0.15, 0.2) is 0 Å². The molecule has 3 rings (SSSR count). The summed E-state index contributed by atoms with van der Waals surface area (Å²) in [7, 11) is 0. The standard InChI is InChI=1S/C21H24FNO2/c22-20-7-2-1-6-19(20)8-9-21(25)23-11-10-17(14-23)12-16-4-3-5-18(13-16)15-24/h1-7,13,17,24H,8-12,14-15H2. The third kappa shape index (κ3) is 4.67. The van der Waals surface area contributed by atoms with Crippen LogP contribution in [0.1, 0.15) is 29.5 Å². The van der Waals surface area contributed by atoms with Gasteiger partial charge in [-0.25, -0.2) is 4.39 Å². The lowest BCUT2D eigenvalue weighted by Gasteiger charge is -2.17. The van der Waals surface area contributed by atoms with Crippen LogP contribution >= 0.6 is 0 Å². The van der Waals surface area contributed by atoms with Gasteiger partial charge in [0.05, 0.1) is 6.61 Å². The predicted octanol–water partition coefficient (Wildman–Crippen LogP) is 3.34. The van der Waals surface area contributed by atoms with E-state index in [-0.39, 0.29) is 18.3 Å². The molecule has 0 aromatic heterocycles. The number of aliphatic hydroxyl groups is 1. The quantitative estimate of drug-likeness (QED) is 0.875. The van der Waals surface area contributed by atoms with Gasteiger partial charge in [-0.1, -0.05) is 42.5 Å². The fourth-order valence-electron chi connectivity index (χ4n) is 3.51. The second-order valence-electron chi connectivity index (χ2n) is 6.77. The van der Waals surface area contributed by atoms with Crippen molar-refractivity contribution in [1.29, 1.82) is 0 Å². The molecule has 1 unspecified atom stereocenters. The summed E-state index contributed by atoms with van der Waals surface area (Å²) < 4.78 is 13.6. The van der Waals surface area contributed by atoms with Crippen LogP contribution in [-0.2, 0) is 24.2 Å². The number of aliphatic hydroxyl groups excluding tert-OH is 1. The van der Waals surface area contributed by atoms with Gasteiger partial charge < -0.3 is 10.0 Å². The molecule has 3 nitrogen and oxygen atoms in total. The number of amides is 1. The average Bonchev–Trinajstić information content (AvgIpc) is 3.09. The highest BCUT2D eigenvalue weighted by Crippen LogP contribution is 2.22. The maximum Gasteiger partial charge on any atom is 0.222 e. The van der Waals surface area contributed by atoms with Crippen molar-refractivity contribution in [1.82, 2.24) is 4.90 Å². The van der Waals surface area contributed by atoms with Crippen LogP contribution < -0.4 is 0 Å². The minimum absolute atomic E-state index is 0.0547. The fraction of sp³-hybridized carbons (Fsp3) is 0.381. The monoisotopic (exact) mass is 341 g/mol. The molecule has 1 fully saturated rings. The lowest BCUT2D eigenvalue weighted by Crippen LogP contribution is -2.29. The highest BCUT2D eigenvalue weighted by atomic mass is 19.1. The number of nitrogens with zero attached hydrogens (tertiary/aromatic N) is 1. The van der Waals surface area contributed by atoms with E-state index in [2.05, 4.69) is 6.07 Å². The molecule has 132 valence electrons. The zero-order valence-corrected chi connectivity index (χ0v) is 14.3. The number of rotatable bonds is 6. The summed E-state index contributed by atoms with van der Waals surface area (Å²) >= 11 is 0. The summed E-state index contributed by atoms with van der Waals surface area (Å²) in [5.41, 5.74) is 2.73. The van der Waals surface area contributed by atoms with Crippen LogP contribution in [0.5, 0.6) is 0 Å². The Morgan fingerprint density at radius 3 is 2.76 bits per heavy atom. The zero-order chi connectivity index (χ0) is 17.6.